The van der Waals surface area contributed by atoms with E-state index in [0.717, 1.165) is 14.2 Å². The molecular formula is C4H7KO4. The van der Waals surface area contributed by atoms with Gasteiger partial charge in [0, 0.05) is 0 Å². The Labute approximate surface area is 96.8 Å². The molecule has 0 saturated carbocycles. The van der Waals surface area contributed by atoms with Gasteiger partial charge in [0.1, 0.15) is 0 Å². The van der Waals surface area contributed by atoms with Crippen LogP contribution in [-0.4, -0.2) is 26.2 Å². The number of hydrogen-bond acceptors (Lipinski definition) is 4. The minimum absolute atomic E-state index is 0. The molecule has 0 amide bonds. The second kappa shape index (κ2) is 6.69. The Morgan fingerprint density at radius 3 is 1.44 bits per heavy atom. The van der Waals surface area contributed by atoms with Gasteiger partial charge in [0.2, 0.25) is 0 Å². The van der Waals surface area contributed by atoms with Crippen LogP contribution in [0.1, 0.15) is 1.43 Å². The summed E-state index contributed by atoms with van der Waals surface area (Å²) in [6.45, 7) is 0. The van der Waals surface area contributed by atoms with E-state index in [1.54, 1.807) is 0 Å². The minimum Gasteiger partial charge on any atom is -1.00 e. The molecule has 0 aliphatic heterocycles. The topological polar surface area (TPSA) is 52.6 Å². The van der Waals surface area contributed by atoms with Gasteiger partial charge in [0.15, 0.2) is 0 Å². The van der Waals surface area contributed by atoms with Crippen LogP contribution >= 0.6 is 0 Å². The summed E-state index contributed by atoms with van der Waals surface area (Å²) in [6.07, 6.45) is 0. The smallest absolute Gasteiger partial charge is 1.00 e. The van der Waals surface area contributed by atoms with Crippen LogP contribution < -0.4 is 51.4 Å². The van der Waals surface area contributed by atoms with E-state index in [1.165, 1.54) is 0 Å². The molecule has 0 heterocycles. The molecule has 0 rings (SSSR count). The third kappa shape index (κ3) is 5.04. The zero-order valence-corrected chi connectivity index (χ0v) is 8.76. The Balaban J connectivity index is -0.000000245. The van der Waals surface area contributed by atoms with Gasteiger partial charge in [-0.05, 0) is 0 Å². The maximum absolute atomic E-state index is 10.0. The molecular weight excluding hydrogens is 151 g/mol. The average Bonchev–Trinajstić information content (AvgIpc) is 1.84. The maximum Gasteiger partial charge on any atom is 1.00 e. The fourth-order valence-corrected chi connectivity index (χ4v) is 0.167. The first-order valence-corrected chi connectivity index (χ1v) is 1.88. The van der Waals surface area contributed by atoms with Crippen molar-refractivity contribution in [1.82, 2.24) is 0 Å². The van der Waals surface area contributed by atoms with Crippen LogP contribution in [0, 0.1) is 0 Å². The summed E-state index contributed by atoms with van der Waals surface area (Å²) in [5.41, 5.74) is 0. The maximum atomic E-state index is 10.0. The standard InChI is InChI=1S/C4H6O4.K.H/c1-7-3(5)4(6)8-2;;/h1-2H3;;/q;+1;-1. The molecule has 0 unspecified atom stereocenters. The Hall–Kier alpha value is 0.576. The van der Waals surface area contributed by atoms with E-state index in [4.69, 9.17) is 0 Å². The van der Waals surface area contributed by atoms with E-state index in [1.807, 2.05) is 0 Å². The number of carbonyl (C=O) groups is 2. The third-order valence-corrected chi connectivity index (χ3v) is 0.537. The Morgan fingerprint density at radius 1 is 1.11 bits per heavy atom. The van der Waals surface area contributed by atoms with Crippen molar-refractivity contribution >= 4 is 11.9 Å². The molecule has 0 aliphatic carbocycles. The summed E-state index contributed by atoms with van der Waals surface area (Å²) >= 11 is 0. The Kier molecular flexibility index (Phi) is 9.13. The summed E-state index contributed by atoms with van der Waals surface area (Å²) < 4.78 is 7.98. The SMILES string of the molecule is COC(=O)C(=O)OC.[H-].[K+]. The van der Waals surface area contributed by atoms with Gasteiger partial charge in [-0.1, -0.05) is 0 Å². The molecule has 5 heteroatoms. The van der Waals surface area contributed by atoms with Crippen LogP contribution in [-0.2, 0) is 19.1 Å². The number of rotatable bonds is 0. The normalized spacial score (nSPS) is 6.89. The third-order valence-electron chi connectivity index (χ3n) is 0.537. The Bertz CT molecular complexity index is 102. The summed E-state index contributed by atoms with van der Waals surface area (Å²) in [6, 6.07) is 0. The van der Waals surface area contributed by atoms with Gasteiger partial charge < -0.3 is 10.9 Å². The second-order valence-corrected chi connectivity index (χ2v) is 0.983. The molecule has 0 fully saturated rings. The zero-order valence-electron chi connectivity index (χ0n) is 6.63. The van der Waals surface area contributed by atoms with E-state index in [9.17, 15) is 9.59 Å². The number of methoxy groups -OCH3 is 2. The second-order valence-electron chi connectivity index (χ2n) is 0.983. The molecule has 0 saturated heterocycles. The fraction of sp³-hybridized carbons (Fsp3) is 0.500. The number of carbonyl (C=O) groups excluding carboxylic acids is 2. The van der Waals surface area contributed by atoms with Crippen molar-refractivity contribution in [3.63, 3.8) is 0 Å². The first-order chi connectivity index (χ1) is 3.72. The van der Waals surface area contributed by atoms with Crippen LogP contribution in [0.5, 0.6) is 0 Å². The molecule has 4 nitrogen and oxygen atoms in total. The van der Waals surface area contributed by atoms with Gasteiger partial charge in [-0.25, -0.2) is 9.59 Å². The predicted molar refractivity (Wildman–Crippen MR) is 25.1 cm³/mol. The van der Waals surface area contributed by atoms with Crippen LogP contribution in [0.4, 0.5) is 0 Å². The number of hydrogen-bond donors (Lipinski definition) is 0. The molecule has 0 radical (unpaired) electrons. The van der Waals surface area contributed by atoms with Gasteiger partial charge in [-0.15, -0.1) is 0 Å². The molecule has 0 aromatic rings. The van der Waals surface area contributed by atoms with Crippen LogP contribution in [0.3, 0.4) is 0 Å². The monoisotopic (exact) mass is 158 g/mol. The summed E-state index contributed by atoms with van der Waals surface area (Å²) in [4.78, 5) is 20.1. The zero-order chi connectivity index (χ0) is 6.57. The predicted octanol–water partition coefficient (Wildman–Crippen LogP) is -3.55. The van der Waals surface area contributed by atoms with Crippen LogP contribution in [0.2, 0.25) is 0 Å². The van der Waals surface area contributed by atoms with Crippen molar-refractivity contribution in [2.75, 3.05) is 14.2 Å². The van der Waals surface area contributed by atoms with Gasteiger partial charge in [0.05, 0.1) is 14.2 Å². The van der Waals surface area contributed by atoms with Crippen molar-refractivity contribution in [3.8, 4) is 0 Å². The molecule has 0 bridgehead atoms. The molecule has 0 aromatic heterocycles. The van der Waals surface area contributed by atoms with Crippen LogP contribution in [0.15, 0.2) is 0 Å². The first-order valence-electron chi connectivity index (χ1n) is 1.88. The van der Waals surface area contributed by atoms with Crippen molar-refractivity contribution in [2.45, 2.75) is 0 Å². The van der Waals surface area contributed by atoms with Crippen molar-refractivity contribution in [1.29, 1.82) is 0 Å². The van der Waals surface area contributed by atoms with Crippen molar-refractivity contribution in [3.05, 3.63) is 0 Å². The quantitative estimate of drug-likeness (QED) is 0.208. The first kappa shape index (κ1) is 12.3. The Morgan fingerprint density at radius 2 is 1.33 bits per heavy atom. The average molecular weight is 158 g/mol. The van der Waals surface area contributed by atoms with E-state index in [0.29, 0.717) is 0 Å². The van der Waals surface area contributed by atoms with E-state index < -0.39 is 11.9 Å². The van der Waals surface area contributed by atoms with Crippen molar-refractivity contribution in [2.24, 2.45) is 0 Å². The molecule has 0 atom stereocenters. The molecule has 48 valence electrons. The molecule has 0 N–H and O–H groups in total. The summed E-state index contributed by atoms with van der Waals surface area (Å²) in [5.74, 6) is -1.96. The van der Waals surface area contributed by atoms with Gasteiger partial charge in [-0.3, -0.25) is 0 Å². The van der Waals surface area contributed by atoms with Crippen LogP contribution in [0.25, 0.3) is 0 Å². The molecule has 0 spiro atoms. The number of ether oxygens (including phenoxy) is 2. The van der Waals surface area contributed by atoms with Gasteiger partial charge in [-0.2, -0.15) is 0 Å². The molecule has 0 aromatic carbocycles. The fourth-order valence-electron chi connectivity index (χ4n) is 0.167. The van der Waals surface area contributed by atoms with Crippen molar-refractivity contribution < 1.29 is 71.9 Å². The largest absolute Gasteiger partial charge is 1.00 e. The van der Waals surface area contributed by atoms with E-state index in [-0.39, 0.29) is 52.8 Å². The molecule has 0 aliphatic rings. The van der Waals surface area contributed by atoms with Gasteiger partial charge in [0.25, 0.3) is 0 Å². The summed E-state index contributed by atoms with van der Waals surface area (Å²) in [5, 5.41) is 0. The van der Waals surface area contributed by atoms with Gasteiger partial charge >= 0.3 is 63.3 Å². The number of esters is 2. The van der Waals surface area contributed by atoms with E-state index in [2.05, 4.69) is 9.47 Å². The van der Waals surface area contributed by atoms with E-state index >= 15 is 0 Å². The summed E-state index contributed by atoms with van der Waals surface area (Å²) in [7, 11) is 2.22. The minimum atomic E-state index is -0.979. The molecule has 9 heavy (non-hydrogen) atoms.